The normalized spacial score (nSPS) is 12.0. The number of rotatable bonds is 0. The molecular weight excluding hydrogens is 271 g/mol. The quantitative estimate of drug-likeness (QED) is 0.662. The van der Waals surface area contributed by atoms with Crippen LogP contribution in [0.2, 0.25) is 0 Å². The van der Waals surface area contributed by atoms with Crippen molar-refractivity contribution in [1.29, 1.82) is 0 Å². The minimum atomic E-state index is -4.34. The van der Waals surface area contributed by atoms with Gasteiger partial charge in [-0.1, -0.05) is 6.07 Å². The van der Waals surface area contributed by atoms with E-state index in [0.29, 0.717) is 10.1 Å². The molecule has 1 nitrogen and oxygen atoms in total. The van der Waals surface area contributed by atoms with Crippen molar-refractivity contribution in [1.82, 2.24) is 4.98 Å². The Kier molecular flexibility index (Phi) is 2.42. The number of alkyl halides is 3. The fourth-order valence-electron chi connectivity index (χ4n) is 1.38. The molecule has 0 spiro atoms. The first-order valence-electron chi connectivity index (χ1n) is 4.11. The molecule has 0 saturated heterocycles. The summed E-state index contributed by atoms with van der Waals surface area (Å²) in [7, 11) is 0. The van der Waals surface area contributed by atoms with Gasteiger partial charge in [-0.2, -0.15) is 13.2 Å². The van der Waals surface area contributed by atoms with Crippen LogP contribution < -0.4 is 0 Å². The van der Waals surface area contributed by atoms with Crippen LogP contribution in [0.1, 0.15) is 5.56 Å². The van der Waals surface area contributed by atoms with Crippen LogP contribution in [0.5, 0.6) is 0 Å². The Bertz CT molecular complexity index is 507. The lowest BCUT2D eigenvalue weighted by Gasteiger charge is -2.09. The van der Waals surface area contributed by atoms with Gasteiger partial charge < -0.3 is 0 Å². The lowest BCUT2D eigenvalue weighted by atomic mass is 10.1. The molecule has 0 unspecified atom stereocenters. The molecule has 0 N–H and O–H groups in total. The molecule has 1 heterocycles. The number of aromatic nitrogens is 1. The summed E-state index contributed by atoms with van der Waals surface area (Å²) < 4.78 is 38.3. The molecule has 78 valence electrons. The van der Waals surface area contributed by atoms with Crippen LogP contribution in [0, 0.1) is 0 Å². The lowest BCUT2D eigenvalue weighted by molar-refractivity contribution is -0.136. The molecule has 0 aliphatic rings. The van der Waals surface area contributed by atoms with Crippen molar-refractivity contribution in [3.8, 4) is 0 Å². The fourth-order valence-corrected chi connectivity index (χ4v) is 1.70. The Labute approximate surface area is 92.1 Å². The molecular formula is C10H5BrF3N. The number of halogens is 4. The van der Waals surface area contributed by atoms with Gasteiger partial charge in [-0.15, -0.1) is 0 Å². The van der Waals surface area contributed by atoms with Crippen LogP contribution >= 0.6 is 15.9 Å². The topological polar surface area (TPSA) is 12.9 Å². The molecule has 0 atom stereocenters. The second-order valence-electron chi connectivity index (χ2n) is 3.00. The average Bonchev–Trinajstić information content (AvgIpc) is 2.15. The van der Waals surface area contributed by atoms with Crippen molar-refractivity contribution in [2.24, 2.45) is 0 Å². The van der Waals surface area contributed by atoms with Gasteiger partial charge >= 0.3 is 6.18 Å². The van der Waals surface area contributed by atoms with E-state index < -0.39 is 11.7 Å². The molecule has 0 aliphatic carbocycles. The third kappa shape index (κ3) is 1.97. The summed E-state index contributed by atoms with van der Waals surface area (Å²) in [6.45, 7) is 0. The molecule has 0 aliphatic heterocycles. The SMILES string of the molecule is FC(F)(F)c1cccc2nc(Br)ccc12. The van der Waals surface area contributed by atoms with Crippen LogP contribution in [-0.4, -0.2) is 4.98 Å². The van der Waals surface area contributed by atoms with E-state index in [4.69, 9.17) is 0 Å². The minimum absolute atomic E-state index is 0.119. The van der Waals surface area contributed by atoms with E-state index in [1.54, 1.807) is 6.07 Å². The molecule has 1 aromatic carbocycles. The van der Waals surface area contributed by atoms with Crippen LogP contribution in [-0.2, 0) is 6.18 Å². The first-order valence-corrected chi connectivity index (χ1v) is 4.90. The second kappa shape index (κ2) is 3.48. The lowest BCUT2D eigenvalue weighted by Crippen LogP contribution is -2.05. The fraction of sp³-hybridized carbons (Fsp3) is 0.100. The largest absolute Gasteiger partial charge is 0.417 e. The Morgan fingerprint density at radius 2 is 1.80 bits per heavy atom. The number of hydrogen-bond acceptors (Lipinski definition) is 1. The van der Waals surface area contributed by atoms with Crippen molar-refractivity contribution in [3.05, 3.63) is 40.5 Å². The number of nitrogens with zero attached hydrogens (tertiary/aromatic N) is 1. The van der Waals surface area contributed by atoms with Gasteiger partial charge in [-0.05, 0) is 40.2 Å². The number of fused-ring (bicyclic) bond motifs is 1. The van der Waals surface area contributed by atoms with Crippen molar-refractivity contribution < 1.29 is 13.2 Å². The standard InChI is InChI=1S/C10H5BrF3N/c11-9-5-4-6-7(10(12,13)14)2-1-3-8(6)15-9/h1-5H. The predicted molar refractivity (Wildman–Crippen MR) is 54.4 cm³/mol. The van der Waals surface area contributed by atoms with E-state index in [1.165, 1.54) is 18.2 Å². The number of hydrogen-bond donors (Lipinski definition) is 0. The van der Waals surface area contributed by atoms with Gasteiger partial charge in [-0.3, -0.25) is 0 Å². The molecule has 0 radical (unpaired) electrons. The highest BCUT2D eigenvalue weighted by Gasteiger charge is 2.32. The molecule has 0 bridgehead atoms. The van der Waals surface area contributed by atoms with Crippen molar-refractivity contribution in [2.45, 2.75) is 6.18 Å². The Morgan fingerprint density at radius 1 is 1.07 bits per heavy atom. The van der Waals surface area contributed by atoms with Crippen LogP contribution in [0.3, 0.4) is 0 Å². The summed E-state index contributed by atoms with van der Waals surface area (Å²) in [4.78, 5) is 3.97. The van der Waals surface area contributed by atoms with Crippen molar-refractivity contribution in [3.63, 3.8) is 0 Å². The first kappa shape index (κ1) is 10.4. The third-order valence-electron chi connectivity index (χ3n) is 2.00. The predicted octanol–water partition coefficient (Wildman–Crippen LogP) is 4.02. The summed E-state index contributed by atoms with van der Waals surface area (Å²) in [6.07, 6.45) is -4.34. The maximum Gasteiger partial charge on any atom is 0.417 e. The van der Waals surface area contributed by atoms with Gasteiger partial charge in [0.15, 0.2) is 0 Å². The van der Waals surface area contributed by atoms with Gasteiger partial charge in [0.05, 0.1) is 11.1 Å². The highest BCUT2D eigenvalue weighted by Crippen LogP contribution is 2.34. The van der Waals surface area contributed by atoms with Crippen LogP contribution in [0.25, 0.3) is 10.9 Å². The van der Waals surface area contributed by atoms with Crippen molar-refractivity contribution >= 4 is 26.8 Å². The summed E-state index contributed by atoms with van der Waals surface area (Å²) in [5.74, 6) is 0. The Balaban J connectivity index is 2.77. The monoisotopic (exact) mass is 275 g/mol. The molecule has 0 amide bonds. The molecule has 1 aromatic heterocycles. The summed E-state index contributed by atoms with van der Waals surface area (Å²) in [5.41, 5.74) is -0.320. The van der Waals surface area contributed by atoms with E-state index in [-0.39, 0.29) is 5.39 Å². The van der Waals surface area contributed by atoms with Gasteiger partial charge in [0.1, 0.15) is 4.60 Å². The van der Waals surface area contributed by atoms with E-state index >= 15 is 0 Å². The van der Waals surface area contributed by atoms with Gasteiger partial charge in [-0.25, -0.2) is 4.98 Å². The molecule has 0 fully saturated rings. The summed E-state index contributed by atoms with van der Waals surface area (Å²) in [5, 5.41) is 0.119. The maximum absolute atomic E-state index is 12.6. The maximum atomic E-state index is 12.6. The van der Waals surface area contributed by atoms with Gasteiger partial charge in [0, 0.05) is 5.39 Å². The van der Waals surface area contributed by atoms with Crippen LogP contribution in [0.4, 0.5) is 13.2 Å². The summed E-state index contributed by atoms with van der Waals surface area (Å²) >= 11 is 3.12. The average molecular weight is 276 g/mol. The molecule has 2 aromatic rings. The second-order valence-corrected chi connectivity index (χ2v) is 3.82. The van der Waals surface area contributed by atoms with Crippen LogP contribution in [0.15, 0.2) is 34.9 Å². The zero-order chi connectivity index (χ0) is 11.1. The minimum Gasteiger partial charge on any atom is -0.241 e. The van der Waals surface area contributed by atoms with E-state index in [0.717, 1.165) is 6.07 Å². The first-order chi connectivity index (χ1) is 6.98. The van der Waals surface area contributed by atoms with Crippen molar-refractivity contribution in [2.75, 3.05) is 0 Å². The Hall–Kier alpha value is -1.10. The zero-order valence-corrected chi connectivity index (χ0v) is 8.93. The third-order valence-corrected chi connectivity index (χ3v) is 2.44. The zero-order valence-electron chi connectivity index (χ0n) is 7.35. The van der Waals surface area contributed by atoms with E-state index in [2.05, 4.69) is 20.9 Å². The number of benzene rings is 1. The van der Waals surface area contributed by atoms with Gasteiger partial charge in [0.25, 0.3) is 0 Å². The molecule has 15 heavy (non-hydrogen) atoms. The molecule has 0 saturated carbocycles. The number of pyridine rings is 1. The highest BCUT2D eigenvalue weighted by atomic mass is 79.9. The van der Waals surface area contributed by atoms with E-state index in [1.807, 2.05) is 0 Å². The highest BCUT2D eigenvalue weighted by molar-refractivity contribution is 9.10. The summed E-state index contributed by atoms with van der Waals surface area (Å²) in [6, 6.07) is 6.87. The molecule has 2 rings (SSSR count). The smallest absolute Gasteiger partial charge is 0.241 e. The molecule has 5 heteroatoms. The van der Waals surface area contributed by atoms with E-state index in [9.17, 15) is 13.2 Å². The van der Waals surface area contributed by atoms with Gasteiger partial charge in [0.2, 0.25) is 0 Å². The Morgan fingerprint density at radius 3 is 2.47 bits per heavy atom.